The second-order valence-electron chi connectivity index (χ2n) is 5.88. The summed E-state index contributed by atoms with van der Waals surface area (Å²) in [6, 6.07) is 0. The van der Waals surface area contributed by atoms with Crippen molar-refractivity contribution < 1.29 is 15.3 Å². The van der Waals surface area contributed by atoms with Gasteiger partial charge in [-0.15, -0.1) is 0 Å². The molecule has 1 aliphatic rings. The molecule has 0 aromatic heterocycles. The van der Waals surface area contributed by atoms with Crippen molar-refractivity contribution in [3.05, 3.63) is 0 Å². The molecule has 0 aromatic rings. The van der Waals surface area contributed by atoms with Gasteiger partial charge in [-0.1, -0.05) is 0 Å². The van der Waals surface area contributed by atoms with E-state index in [-0.39, 0.29) is 30.4 Å². The van der Waals surface area contributed by atoms with Crippen molar-refractivity contribution in [2.75, 3.05) is 19.8 Å². The lowest BCUT2D eigenvalue weighted by atomic mass is 9.78. The van der Waals surface area contributed by atoms with Crippen molar-refractivity contribution in [1.82, 2.24) is 4.90 Å². The van der Waals surface area contributed by atoms with Gasteiger partial charge in [0, 0.05) is 24.2 Å². The Morgan fingerprint density at radius 2 is 1.41 bits per heavy atom. The fourth-order valence-electron chi connectivity index (χ4n) is 2.97. The normalized spacial score (nSPS) is 24.0. The molecular weight excluding hydrogens is 218 g/mol. The Hall–Kier alpha value is -0.160. The lowest BCUT2D eigenvalue weighted by Crippen LogP contribution is -2.62. The molecule has 1 rings (SSSR count). The SMILES string of the molecule is CC1(C)CC(O)CC(C)(C)N1CCO.CCO. The van der Waals surface area contributed by atoms with Crippen molar-refractivity contribution in [2.45, 2.75) is 64.6 Å². The quantitative estimate of drug-likeness (QED) is 0.681. The fraction of sp³-hybridized carbons (Fsp3) is 1.00. The van der Waals surface area contributed by atoms with Crippen LogP contribution in [0.3, 0.4) is 0 Å². The summed E-state index contributed by atoms with van der Waals surface area (Å²) in [5.41, 5.74) is -0.0478. The molecule has 1 saturated heterocycles. The summed E-state index contributed by atoms with van der Waals surface area (Å²) in [7, 11) is 0. The summed E-state index contributed by atoms with van der Waals surface area (Å²) in [6.07, 6.45) is 1.36. The van der Waals surface area contributed by atoms with E-state index < -0.39 is 0 Å². The van der Waals surface area contributed by atoms with Gasteiger partial charge in [-0.25, -0.2) is 0 Å². The van der Waals surface area contributed by atoms with Gasteiger partial charge in [0.2, 0.25) is 0 Å². The maximum absolute atomic E-state index is 9.78. The van der Waals surface area contributed by atoms with Crippen molar-refractivity contribution in [3.63, 3.8) is 0 Å². The zero-order valence-corrected chi connectivity index (χ0v) is 11.9. The van der Waals surface area contributed by atoms with E-state index in [1.165, 1.54) is 0 Å². The maximum Gasteiger partial charge on any atom is 0.0575 e. The number of rotatable bonds is 2. The van der Waals surface area contributed by atoms with Crippen LogP contribution >= 0.6 is 0 Å². The van der Waals surface area contributed by atoms with Crippen molar-refractivity contribution >= 4 is 0 Å². The van der Waals surface area contributed by atoms with Gasteiger partial charge in [-0.2, -0.15) is 0 Å². The molecule has 4 heteroatoms. The van der Waals surface area contributed by atoms with Crippen LogP contribution in [0.1, 0.15) is 47.5 Å². The third-order valence-corrected chi connectivity index (χ3v) is 3.26. The first kappa shape index (κ1) is 16.8. The summed E-state index contributed by atoms with van der Waals surface area (Å²) in [6.45, 7) is 11.3. The van der Waals surface area contributed by atoms with Crippen LogP contribution in [0, 0.1) is 0 Å². The molecule has 0 aromatic carbocycles. The minimum Gasteiger partial charge on any atom is -0.397 e. The van der Waals surface area contributed by atoms with Crippen LogP contribution in [-0.2, 0) is 0 Å². The topological polar surface area (TPSA) is 63.9 Å². The van der Waals surface area contributed by atoms with Gasteiger partial charge in [-0.05, 0) is 47.5 Å². The number of aliphatic hydroxyl groups is 3. The number of hydrogen-bond acceptors (Lipinski definition) is 4. The molecule has 0 amide bonds. The molecule has 1 fully saturated rings. The smallest absolute Gasteiger partial charge is 0.0575 e. The summed E-state index contributed by atoms with van der Waals surface area (Å²) >= 11 is 0. The van der Waals surface area contributed by atoms with E-state index in [1.807, 2.05) is 0 Å². The van der Waals surface area contributed by atoms with Gasteiger partial charge in [0.1, 0.15) is 0 Å². The Morgan fingerprint density at radius 3 is 1.71 bits per heavy atom. The molecule has 0 bridgehead atoms. The number of piperidine rings is 1. The van der Waals surface area contributed by atoms with E-state index in [1.54, 1.807) is 6.92 Å². The summed E-state index contributed by atoms with van der Waals surface area (Å²) in [5, 5.41) is 26.4. The Morgan fingerprint density at radius 1 is 1.06 bits per heavy atom. The van der Waals surface area contributed by atoms with Crippen LogP contribution in [0.2, 0.25) is 0 Å². The van der Waals surface area contributed by atoms with Gasteiger partial charge >= 0.3 is 0 Å². The van der Waals surface area contributed by atoms with Crippen LogP contribution in [0.25, 0.3) is 0 Å². The Kier molecular flexibility index (Phi) is 6.62. The van der Waals surface area contributed by atoms with Gasteiger partial charge in [0.05, 0.1) is 12.7 Å². The molecule has 1 aliphatic heterocycles. The average molecular weight is 247 g/mol. The second-order valence-corrected chi connectivity index (χ2v) is 5.88. The second kappa shape index (κ2) is 6.69. The monoisotopic (exact) mass is 247 g/mol. The first-order valence-electron chi connectivity index (χ1n) is 6.38. The van der Waals surface area contributed by atoms with Crippen LogP contribution in [0.5, 0.6) is 0 Å². The minimum absolute atomic E-state index is 0.0239. The molecule has 3 N–H and O–H groups in total. The molecule has 0 radical (unpaired) electrons. The maximum atomic E-state index is 9.78. The first-order valence-corrected chi connectivity index (χ1v) is 6.38. The van der Waals surface area contributed by atoms with Gasteiger partial charge in [0.25, 0.3) is 0 Å². The number of likely N-dealkylation sites (tertiary alicyclic amines) is 1. The van der Waals surface area contributed by atoms with Crippen LogP contribution in [0.15, 0.2) is 0 Å². The Balaban J connectivity index is 0.000000770. The zero-order valence-electron chi connectivity index (χ0n) is 11.9. The molecule has 4 nitrogen and oxygen atoms in total. The molecular formula is C13H29NO3. The highest BCUT2D eigenvalue weighted by Gasteiger charge is 2.44. The Bertz CT molecular complexity index is 199. The van der Waals surface area contributed by atoms with Crippen molar-refractivity contribution in [2.24, 2.45) is 0 Å². The highest BCUT2D eigenvalue weighted by molar-refractivity contribution is 4.99. The third kappa shape index (κ3) is 4.92. The summed E-state index contributed by atoms with van der Waals surface area (Å²) in [4.78, 5) is 2.30. The predicted molar refractivity (Wildman–Crippen MR) is 70.0 cm³/mol. The van der Waals surface area contributed by atoms with E-state index in [0.29, 0.717) is 6.54 Å². The minimum atomic E-state index is -0.213. The van der Waals surface area contributed by atoms with Crippen molar-refractivity contribution in [3.8, 4) is 0 Å². The van der Waals surface area contributed by atoms with E-state index in [0.717, 1.165) is 12.8 Å². The number of β-amino-alcohol motifs (C(OH)–C–C–N with tert-alkyl or cyclic N) is 1. The molecule has 0 unspecified atom stereocenters. The molecule has 0 saturated carbocycles. The molecule has 0 atom stereocenters. The van der Waals surface area contributed by atoms with Crippen LogP contribution in [-0.4, -0.2) is 57.2 Å². The number of aliphatic hydroxyl groups excluding tert-OH is 3. The van der Waals surface area contributed by atoms with E-state index in [9.17, 15) is 5.11 Å². The van der Waals surface area contributed by atoms with Gasteiger partial charge in [-0.3, -0.25) is 4.90 Å². The predicted octanol–water partition coefficient (Wildman–Crippen LogP) is 0.991. The van der Waals surface area contributed by atoms with Crippen LogP contribution < -0.4 is 0 Å². The van der Waals surface area contributed by atoms with E-state index in [4.69, 9.17) is 10.2 Å². The van der Waals surface area contributed by atoms with E-state index in [2.05, 4.69) is 32.6 Å². The van der Waals surface area contributed by atoms with Gasteiger partial charge < -0.3 is 15.3 Å². The first-order chi connectivity index (χ1) is 7.71. The largest absolute Gasteiger partial charge is 0.397 e. The molecule has 0 spiro atoms. The van der Waals surface area contributed by atoms with Crippen molar-refractivity contribution in [1.29, 1.82) is 0 Å². The van der Waals surface area contributed by atoms with Gasteiger partial charge in [0.15, 0.2) is 0 Å². The average Bonchev–Trinajstić information content (AvgIpc) is 2.10. The van der Waals surface area contributed by atoms with E-state index >= 15 is 0 Å². The summed E-state index contributed by atoms with van der Waals surface area (Å²) in [5.74, 6) is 0. The lowest BCUT2D eigenvalue weighted by molar-refractivity contribution is -0.0858. The lowest BCUT2D eigenvalue weighted by Gasteiger charge is -2.54. The van der Waals surface area contributed by atoms with Crippen LogP contribution in [0.4, 0.5) is 0 Å². The third-order valence-electron chi connectivity index (χ3n) is 3.26. The standard InChI is InChI=1S/C11H23NO2.C2H6O/c1-10(2)7-9(14)8-11(3,4)12(10)5-6-13;1-2-3/h9,13-14H,5-8H2,1-4H3;3H,2H2,1H3. The molecule has 1 heterocycles. The molecule has 17 heavy (non-hydrogen) atoms. The Labute approximate surface area is 105 Å². The highest BCUT2D eigenvalue weighted by Crippen LogP contribution is 2.37. The fourth-order valence-corrected chi connectivity index (χ4v) is 2.97. The molecule has 0 aliphatic carbocycles. The summed E-state index contributed by atoms with van der Waals surface area (Å²) < 4.78 is 0. The molecule has 104 valence electrons. The number of nitrogens with zero attached hydrogens (tertiary/aromatic N) is 1. The number of hydrogen-bond donors (Lipinski definition) is 3. The zero-order chi connectivity index (χ0) is 13.7. The highest BCUT2D eigenvalue weighted by atomic mass is 16.3.